The summed E-state index contributed by atoms with van der Waals surface area (Å²) in [5, 5.41) is 3.30. The predicted molar refractivity (Wildman–Crippen MR) is 119 cm³/mol. The van der Waals surface area contributed by atoms with E-state index in [0.717, 1.165) is 31.5 Å². The highest BCUT2D eigenvalue weighted by Crippen LogP contribution is 2.31. The Kier molecular flexibility index (Phi) is 8.58. The number of carbonyl (C=O) groups excluding carboxylic acids is 4. The highest BCUT2D eigenvalue weighted by atomic mass is 19.4. The van der Waals surface area contributed by atoms with Gasteiger partial charge in [-0.15, -0.1) is 0 Å². The molecule has 13 heteroatoms. The second-order valence-corrected chi connectivity index (χ2v) is 8.12. The van der Waals surface area contributed by atoms with Crippen molar-refractivity contribution < 1.29 is 56.0 Å². The third-order valence-corrected chi connectivity index (χ3v) is 5.23. The normalized spacial score (nSPS) is 23.6. The maximum absolute atomic E-state index is 13.2. The fourth-order valence-corrected chi connectivity index (χ4v) is 3.76. The molecule has 5 atom stereocenters. The lowest BCUT2D eigenvalue weighted by molar-refractivity contribution is -0.258. The van der Waals surface area contributed by atoms with Gasteiger partial charge < -0.3 is 29.0 Å². The molecule has 1 aliphatic heterocycles. The van der Waals surface area contributed by atoms with Gasteiger partial charge in [0.05, 0.1) is 0 Å². The number of alkyl halides is 3. The molecule has 1 N–H and O–H groups in total. The Morgan fingerprint density at radius 1 is 0.892 bits per heavy atom. The first-order chi connectivity index (χ1) is 17.3. The summed E-state index contributed by atoms with van der Waals surface area (Å²) in [5.41, 5.74) is 0. The zero-order chi connectivity index (χ0) is 27.3. The van der Waals surface area contributed by atoms with Gasteiger partial charge in [-0.2, -0.15) is 13.2 Å². The van der Waals surface area contributed by atoms with Crippen LogP contribution >= 0.6 is 0 Å². The molecule has 0 saturated carbocycles. The lowest BCUT2D eigenvalue weighted by atomic mass is 9.96. The second kappa shape index (κ2) is 11.5. The molecule has 37 heavy (non-hydrogen) atoms. The molecule has 2 aromatic rings. The van der Waals surface area contributed by atoms with Crippen LogP contribution in [-0.2, 0) is 38.1 Å². The van der Waals surface area contributed by atoms with Gasteiger partial charge in [0.1, 0.15) is 24.5 Å². The van der Waals surface area contributed by atoms with Crippen molar-refractivity contribution in [1.29, 1.82) is 0 Å². The van der Waals surface area contributed by atoms with Crippen LogP contribution in [0.3, 0.4) is 0 Å². The van der Waals surface area contributed by atoms with E-state index in [1.165, 1.54) is 6.07 Å². The Balaban J connectivity index is 2.04. The van der Waals surface area contributed by atoms with Gasteiger partial charge in [-0.3, -0.25) is 19.2 Å². The van der Waals surface area contributed by atoms with E-state index >= 15 is 0 Å². The van der Waals surface area contributed by atoms with Gasteiger partial charge in [0, 0.05) is 20.8 Å². The summed E-state index contributed by atoms with van der Waals surface area (Å²) < 4.78 is 66.4. The summed E-state index contributed by atoms with van der Waals surface area (Å²) in [6.45, 7) is 2.56. The largest absolute Gasteiger partial charge is 0.471 e. The molecule has 1 saturated heterocycles. The minimum atomic E-state index is -5.31. The number of ether oxygens (including phenoxy) is 5. The molecule has 1 heterocycles. The molecule has 3 rings (SSSR count). The van der Waals surface area contributed by atoms with Crippen LogP contribution in [0.5, 0.6) is 5.75 Å². The van der Waals surface area contributed by atoms with Crippen LogP contribution in [0.2, 0.25) is 0 Å². The van der Waals surface area contributed by atoms with Crippen molar-refractivity contribution in [3.63, 3.8) is 0 Å². The van der Waals surface area contributed by atoms with E-state index in [0.29, 0.717) is 0 Å². The van der Waals surface area contributed by atoms with Gasteiger partial charge in [0.2, 0.25) is 6.29 Å². The zero-order valence-corrected chi connectivity index (χ0v) is 19.9. The Morgan fingerprint density at radius 3 is 2.11 bits per heavy atom. The molecule has 0 bridgehead atoms. The maximum atomic E-state index is 13.2. The molecule has 0 unspecified atom stereocenters. The smallest absolute Gasteiger partial charge is 0.463 e. The van der Waals surface area contributed by atoms with E-state index in [4.69, 9.17) is 23.7 Å². The summed E-state index contributed by atoms with van der Waals surface area (Å²) in [6, 6.07) is 10.2. The first-order valence-electron chi connectivity index (χ1n) is 11.0. The number of rotatable bonds is 7. The number of fused-ring (bicyclic) bond motifs is 1. The van der Waals surface area contributed by atoms with E-state index < -0.39 is 67.2 Å². The molecule has 200 valence electrons. The summed E-state index contributed by atoms with van der Waals surface area (Å²) >= 11 is 0. The lowest BCUT2D eigenvalue weighted by Crippen LogP contribution is -2.68. The summed E-state index contributed by atoms with van der Waals surface area (Å²) in [4.78, 5) is 47.0. The van der Waals surface area contributed by atoms with Gasteiger partial charge in [-0.25, -0.2) is 0 Å². The van der Waals surface area contributed by atoms with E-state index in [-0.39, 0.29) is 5.75 Å². The molecule has 0 aliphatic carbocycles. The zero-order valence-electron chi connectivity index (χ0n) is 19.9. The van der Waals surface area contributed by atoms with Crippen molar-refractivity contribution in [2.45, 2.75) is 57.6 Å². The van der Waals surface area contributed by atoms with Gasteiger partial charge in [0.15, 0.2) is 12.2 Å². The average Bonchev–Trinajstić information content (AvgIpc) is 2.80. The number of carbonyl (C=O) groups is 4. The third kappa shape index (κ3) is 7.32. The Hall–Kier alpha value is -3.87. The van der Waals surface area contributed by atoms with Crippen LogP contribution < -0.4 is 10.1 Å². The Labute approximate surface area is 208 Å². The van der Waals surface area contributed by atoms with Crippen molar-refractivity contribution in [3.8, 4) is 5.75 Å². The van der Waals surface area contributed by atoms with E-state index in [1.807, 2.05) is 12.1 Å². The van der Waals surface area contributed by atoms with Crippen LogP contribution in [-0.4, -0.2) is 67.2 Å². The molecule has 0 spiro atoms. The van der Waals surface area contributed by atoms with E-state index in [1.54, 1.807) is 29.6 Å². The fourth-order valence-electron chi connectivity index (χ4n) is 3.76. The lowest BCUT2D eigenvalue weighted by Gasteiger charge is -2.44. The number of halogens is 3. The van der Waals surface area contributed by atoms with Crippen LogP contribution in [0.15, 0.2) is 42.5 Å². The van der Waals surface area contributed by atoms with Crippen LogP contribution in [0.1, 0.15) is 20.8 Å². The van der Waals surface area contributed by atoms with Crippen molar-refractivity contribution >= 4 is 34.6 Å². The molecule has 0 radical (unpaired) electrons. The SMILES string of the molecule is CC(=O)OC[C@H]1O[C@@H](Oc2ccc3ccccc3c2)[C@H](NC(=O)C(F)(F)F)[C@@H](OC(C)=O)[C@@H]1OC(C)=O. The quantitative estimate of drug-likeness (QED) is 0.427. The van der Waals surface area contributed by atoms with E-state index in [2.05, 4.69) is 0 Å². The van der Waals surface area contributed by atoms with Crippen LogP contribution in [0.25, 0.3) is 10.8 Å². The van der Waals surface area contributed by atoms with Crippen LogP contribution in [0.4, 0.5) is 13.2 Å². The van der Waals surface area contributed by atoms with Gasteiger partial charge in [-0.1, -0.05) is 30.3 Å². The molecule has 1 fully saturated rings. The molecule has 10 nitrogen and oxygen atoms in total. The molecule has 0 aromatic heterocycles. The van der Waals surface area contributed by atoms with Gasteiger partial charge in [-0.05, 0) is 22.9 Å². The summed E-state index contributed by atoms with van der Waals surface area (Å²) in [7, 11) is 0. The standard InChI is InChI=1S/C24H24F3NO9/c1-12(29)33-11-18-20(34-13(2)30)21(35-14(3)31)19(28-23(32)24(25,26)27)22(37-18)36-17-9-8-15-6-4-5-7-16(15)10-17/h4-10,18-22H,11H2,1-3H3,(H,28,32)/t18-,19-,20-,21-,22-/m1/s1. The minimum absolute atomic E-state index is 0.147. The number of amides is 1. The number of nitrogens with one attached hydrogen (secondary N) is 1. The maximum Gasteiger partial charge on any atom is 0.471 e. The number of benzene rings is 2. The summed E-state index contributed by atoms with van der Waals surface area (Å²) in [5.74, 6) is -4.80. The van der Waals surface area contributed by atoms with Crippen molar-refractivity contribution in [2.24, 2.45) is 0 Å². The van der Waals surface area contributed by atoms with Crippen molar-refractivity contribution in [3.05, 3.63) is 42.5 Å². The second-order valence-electron chi connectivity index (χ2n) is 8.12. The highest BCUT2D eigenvalue weighted by molar-refractivity contribution is 5.84. The number of esters is 3. The number of hydrogen-bond donors (Lipinski definition) is 1. The minimum Gasteiger partial charge on any atom is -0.463 e. The molecule has 2 aromatic carbocycles. The highest BCUT2D eigenvalue weighted by Gasteiger charge is 2.54. The Bertz CT molecular complexity index is 1170. The monoisotopic (exact) mass is 527 g/mol. The van der Waals surface area contributed by atoms with Gasteiger partial charge >= 0.3 is 30.0 Å². The molecular weight excluding hydrogens is 503 g/mol. The molecule has 1 amide bonds. The summed E-state index contributed by atoms with van der Waals surface area (Å²) in [6.07, 6.45) is -11.6. The Morgan fingerprint density at radius 2 is 1.51 bits per heavy atom. The number of hydrogen-bond acceptors (Lipinski definition) is 9. The third-order valence-electron chi connectivity index (χ3n) is 5.23. The predicted octanol–water partition coefficient (Wildman–Crippen LogP) is 2.42. The first-order valence-corrected chi connectivity index (χ1v) is 11.0. The van der Waals surface area contributed by atoms with Crippen molar-refractivity contribution in [1.82, 2.24) is 5.32 Å². The first kappa shape index (κ1) is 27.7. The topological polar surface area (TPSA) is 126 Å². The van der Waals surface area contributed by atoms with E-state index in [9.17, 15) is 32.3 Å². The van der Waals surface area contributed by atoms with Crippen LogP contribution in [0, 0.1) is 0 Å². The molecule has 1 aliphatic rings. The van der Waals surface area contributed by atoms with Crippen molar-refractivity contribution in [2.75, 3.05) is 6.61 Å². The van der Waals surface area contributed by atoms with Gasteiger partial charge in [0.25, 0.3) is 0 Å². The fraction of sp³-hybridized carbons (Fsp3) is 0.417. The average molecular weight is 527 g/mol. The molecular formula is C24H24F3NO9.